The van der Waals surface area contributed by atoms with Crippen LogP contribution in [0.4, 0.5) is 5.69 Å². The Morgan fingerprint density at radius 1 is 1.04 bits per heavy atom. The zero-order valence-corrected chi connectivity index (χ0v) is 17.3. The molecule has 28 heavy (non-hydrogen) atoms. The quantitative estimate of drug-likeness (QED) is 0.748. The second-order valence-corrected chi connectivity index (χ2v) is 10.7. The molecule has 4 saturated carbocycles. The Balaban J connectivity index is 1.27. The number of benzene rings is 1. The van der Waals surface area contributed by atoms with Gasteiger partial charge in [-0.1, -0.05) is 25.1 Å². The summed E-state index contributed by atoms with van der Waals surface area (Å²) in [7, 11) is 0. The van der Waals surface area contributed by atoms with Crippen LogP contribution in [0.1, 0.15) is 58.8 Å². The Kier molecular flexibility index (Phi) is 4.58. The standard InChI is InChI=1S/C25H35NO2/c1-15-12-20-18-10-11-25(2,28)14-16(18)8-9-19(20)21-13-22(23(15)21)24(27)26-17-6-4-3-5-7-17/h3-7,15-16,18-23,28H,8-14H2,1-2H3,(H,26,27)/t15-,16-,18+,19-,20-,21+,22+,23+,25-/m1/s1. The van der Waals surface area contributed by atoms with Crippen LogP contribution < -0.4 is 5.32 Å². The summed E-state index contributed by atoms with van der Waals surface area (Å²) in [6.07, 6.45) is 8.19. The van der Waals surface area contributed by atoms with Crippen LogP contribution in [0.25, 0.3) is 0 Å². The van der Waals surface area contributed by atoms with Crippen LogP contribution in [0.15, 0.2) is 30.3 Å². The fourth-order valence-electron chi connectivity index (χ4n) is 7.84. The number of carbonyl (C=O) groups excluding carboxylic acids is 1. The third kappa shape index (κ3) is 3.10. The second-order valence-electron chi connectivity index (χ2n) is 10.7. The minimum Gasteiger partial charge on any atom is -0.390 e. The van der Waals surface area contributed by atoms with Gasteiger partial charge in [-0.05, 0) is 105 Å². The van der Waals surface area contributed by atoms with Gasteiger partial charge < -0.3 is 10.4 Å². The van der Waals surface area contributed by atoms with Crippen molar-refractivity contribution in [2.24, 2.45) is 47.3 Å². The fraction of sp³-hybridized carbons (Fsp3) is 0.720. The van der Waals surface area contributed by atoms with Crippen molar-refractivity contribution in [1.29, 1.82) is 0 Å². The molecule has 4 fully saturated rings. The van der Waals surface area contributed by atoms with Gasteiger partial charge in [0, 0.05) is 11.6 Å². The summed E-state index contributed by atoms with van der Waals surface area (Å²) in [6, 6.07) is 9.90. The molecule has 0 spiro atoms. The highest BCUT2D eigenvalue weighted by Gasteiger charge is 2.58. The average molecular weight is 382 g/mol. The number of hydrogen-bond donors (Lipinski definition) is 2. The topological polar surface area (TPSA) is 49.3 Å². The molecule has 152 valence electrons. The van der Waals surface area contributed by atoms with E-state index in [-0.39, 0.29) is 11.8 Å². The maximum absolute atomic E-state index is 12.9. The van der Waals surface area contributed by atoms with Crippen molar-refractivity contribution in [3.05, 3.63) is 30.3 Å². The first kappa shape index (κ1) is 18.7. The first-order valence-electron chi connectivity index (χ1n) is 11.5. The Labute approximate surface area is 169 Å². The summed E-state index contributed by atoms with van der Waals surface area (Å²) < 4.78 is 0. The number of aliphatic hydroxyl groups is 1. The maximum Gasteiger partial charge on any atom is 0.227 e. The zero-order chi connectivity index (χ0) is 19.5. The van der Waals surface area contributed by atoms with Gasteiger partial charge in [-0.15, -0.1) is 0 Å². The molecular formula is C25H35NO2. The van der Waals surface area contributed by atoms with E-state index < -0.39 is 5.60 Å². The number of carbonyl (C=O) groups is 1. The van der Waals surface area contributed by atoms with Crippen molar-refractivity contribution in [3.63, 3.8) is 0 Å². The molecule has 3 heteroatoms. The highest BCUT2D eigenvalue weighted by atomic mass is 16.3. The average Bonchev–Trinajstić information content (AvgIpc) is 2.61. The number of anilines is 1. The van der Waals surface area contributed by atoms with Gasteiger partial charge in [0.15, 0.2) is 0 Å². The number of rotatable bonds is 2. The molecule has 4 aliphatic carbocycles. The van der Waals surface area contributed by atoms with Crippen molar-refractivity contribution in [2.75, 3.05) is 5.32 Å². The molecule has 9 atom stereocenters. The molecule has 2 N–H and O–H groups in total. The molecule has 5 rings (SSSR count). The van der Waals surface area contributed by atoms with Crippen LogP contribution in [0.3, 0.4) is 0 Å². The third-order valence-corrected chi connectivity index (χ3v) is 9.01. The smallest absolute Gasteiger partial charge is 0.227 e. The molecule has 0 bridgehead atoms. The van der Waals surface area contributed by atoms with Crippen molar-refractivity contribution in [1.82, 2.24) is 0 Å². The lowest BCUT2D eigenvalue weighted by Crippen LogP contribution is -2.58. The van der Waals surface area contributed by atoms with Crippen molar-refractivity contribution in [3.8, 4) is 0 Å². The van der Waals surface area contributed by atoms with Gasteiger partial charge in [0.05, 0.1) is 5.60 Å². The minimum absolute atomic E-state index is 0.200. The normalized spacial score (nSPS) is 47.1. The summed E-state index contributed by atoms with van der Waals surface area (Å²) in [5.74, 6) is 5.62. The summed E-state index contributed by atoms with van der Waals surface area (Å²) in [4.78, 5) is 12.9. The molecule has 1 aromatic rings. The van der Waals surface area contributed by atoms with Crippen LogP contribution in [0.2, 0.25) is 0 Å². The van der Waals surface area contributed by atoms with E-state index in [4.69, 9.17) is 0 Å². The van der Waals surface area contributed by atoms with Crippen LogP contribution in [0, 0.1) is 47.3 Å². The number of para-hydroxylation sites is 1. The molecule has 0 radical (unpaired) electrons. The Bertz CT molecular complexity index is 729. The zero-order valence-electron chi connectivity index (χ0n) is 17.3. The van der Waals surface area contributed by atoms with Gasteiger partial charge in [-0.3, -0.25) is 4.79 Å². The van der Waals surface area contributed by atoms with E-state index in [1.54, 1.807) is 0 Å². The molecule has 0 aliphatic heterocycles. The highest BCUT2D eigenvalue weighted by Crippen LogP contribution is 2.63. The molecule has 4 aliphatic rings. The third-order valence-electron chi connectivity index (χ3n) is 9.01. The van der Waals surface area contributed by atoms with Gasteiger partial charge >= 0.3 is 0 Å². The summed E-state index contributed by atoms with van der Waals surface area (Å²) in [5.41, 5.74) is 0.487. The second kappa shape index (κ2) is 6.86. The first-order chi connectivity index (χ1) is 13.4. The number of hydrogen-bond acceptors (Lipinski definition) is 2. The van der Waals surface area contributed by atoms with E-state index in [0.29, 0.717) is 11.8 Å². The van der Waals surface area contributed by atoms with E-state index in [0.717, 1.165) is 54.5 Å². The predicted molar refractivity (Wildman–Crippen MR) is 112 cm³/mol. The molecule has 1 amide bonds. The number of fused-ring (bicyclic) bond motifs is 5. The van der Waals surface area contributed by atoms with Crippen molar-refractivity contribution in [2.45, 2.75) is 64.4 Å². The Morgan fingerprint density at radius 2 is 1.82 bits per heavy atom. The lowest BCUT2D eigenvalue weighted by molar-refractivity contribution is -0.156. The summed E-state index contributed by atoms with van der Waals surface area (Å²) in [6.45, 7) is 4.44. The molecule has 0 heterocycles. The molecule has 0 unspecified atom stereocenters. The van der Waals surface area contributed by atoms with E-state index >= 15 is 0 Å². The maximum atomic E-state index is 12.9. The lowest BCUT2D eigenvalue weighted by Gasteiger charge is -2.61. The molecule has 1 aromatic carbocycles. The fourth-order valence-corrected chi connectivity index (χ4v) is 7.84. The molecular weight excluding hydrogens is 346 g/mol. The van der Waals surface area contributed by atoms with E-state index in [2.05, 4.69) is 12.2 Å². The Hall–Kier alpha value is -1.35. The van der Waals surface area contributed by atoms with Gasteiger partial charge in [0.25, 0.3) is 0 Å². The molecule has 3 nitrogen and oxygen atoms in total. The van der Waals surface area contributed by atoms with Crippen molar-refractivity contribution >= 4 is 11.6 Å². The lowest BCUT2D eigenvalue weighted by atomic mass is 9.43. The van der Waals surface area contributed by atoms with Crippen molar-refractivity contribution < 1.29 is 9.90 Å². The summed E-state index contributed by atoms with van der Waals surface area (Å²) in [5, 5.41) is 13.7. The minimum atomic E-state index is -0.437. The largest absolute Gasteiger partial charge is 0.390 e. The van der Waals surface area contributed by atoms with Gasteiger partial charge in [-0.25, -0.2) is 0 Å². The van der Waals surface area contributed by atoms with Crippen LogP contribution >= 0.6 is 0 Å². The number of nitrogens with one attached hydrogen (secondary N) is 1. The SMILES string of the molecule is C[C@@H]1C[C@H]2[C@@H](CC[C@@H]3C[C@](C)(O)CC[C@@H]32)[C@@H]2C[C@H](C(=O)Nc3ccccc3)[C@H]21. The summed E-state index contributed by atoms with van der Waals surface area (Å²) >= 11 is 0. The first-order valence-corrected chi connectivity index (χ1v) is 11.5. The molecule has 0 aromatic heterocycles. The molecule has 0 saturated heterocycles. The predicted octanol–water partition coefficient (Wildman–Crippen LogP) is 5.11. The highest BCUT2D eigenvalue weighted by molar-refractivity contribution is 5.93. The van der Waals surface area contributed by atoms with E-state index in [1.807, 2.05) is 37.3 Å². The van der Waals surface area contributed by atoms with Crippen LogP contribution in [0.5, 0.6) is 0 Å². The van der Waals surface area contributed by atoms with Gasteiger partial charge in [0.1, 0.15) is 0 Å². The van der Waals surface area contributed by atoms with E-state index in [9.17, 15) is 9.90 Å². The van der Waals surface area contributed by atoms with Crippen LogP contribution in [-0.4, -0.2) is 16.6 Å². The number of amides is 1. The van der Waals surface area contributed by atoms with Gasteiger partial charge in [-0.2, -0.15) is 0 Å². The van der Waals surface area contributed by atoms with E-state index in [1.165, 1.54) is 25.7 Å². The monoisotopic (exact) mass is 381 g/mol. The van der Waals surface area contributed by atoms with Crippen LogP contribution in [-0.2, 0) is 4.79 Å². The van der Waals surface area contributed by atoms with Gasteiger partial charge in [0.2, 0.25) is 5.91 Å². The Morgan fingerprint density at radius 3 is 2.61 bits per heavy atom.